The maximum atomic E-state index is 13.2. The molecule has 0 unspecified atom stereocenters. The van der Waals surface area contributed by atoms with Crippen LogP contribution in [-0.4, -0.2) is 41.7 Å². The topological polar surface area (TPSA) is 58.6 Å². The van der Waals surface area contributed by atoms with Crippen molar-refractivity contribution in [3.05, 3.63) is 65.7 Å². The van der Waals surface area contributed by atoms with Crippen LogP contribution >= 0.6 is 11.8 Å². The van der Waals surface area contributed by atoms with Crippen molar-refractivity contribution >= 4 is 23.6 Å². The van der Waals surface area contributed by atoms with E-state index >= 15 is 0 Å². The molecule has 0 aliphatic heterocycles. The molecule has 2 rings (SSSR count). The van der Waals surface area contributed by atoms with E-state index < -0.39 is 6.04 Å². The highest BCUT2D eigenvalue weighted by atomic mass is 32.2. The average Bonchev–Trinajstić information content (AvgIpc) is 2.74. The van der Waals surface area contributed by atoms with E-state index in [9.17, 15) is 9.59 Å². The summed E-state index contributed by atoms with van der Waals surface area (Å²) in [4.78, 5) is 27.6. The van der Waals surface area contributed by atoms with E-state index in [1.165, 1.54) is 5.56 Å². The maximum absolute atomic E-state index is 13.2. The number of thioether (sulfide) groups is 1. The Morgan fingerprint density at radius 3 is 2.27 bits per heavy atom. The van der Waals surface area contributed by atoms with Gasteiger partial charge >= 0.3 is 0 Å². The number of carbonyl (C=O) groups excluding carboxylic acids is 2. The lowest BCUT2D eigenvalue weighted by Gasteiger charge is -2.31. The van der Waals surface area contributed by atoms with Gasteiger partial charge in [-0.3, -0.25) is 9.59 Å². The molecule has 0 fully saturated rings. The zero-order chi connectivity index (χ0) is 21.9. The van der Waals surface area contributed by atoms with Gasteiger partial charge in [0.15, 0.2) is 0 Å². The second-order valence-corrected chi connectivity index (χ2v) is 8.42. The van der Waals surface area contributed by atoms with Gasteiger partial charge in [-0.2, -0.15) is 0 Å². The van der Waals surface area contributed by atoms with Crippen LogP contribution in [0.2, 0.25) is 0 Å². The van der Waals surface area contributed by atoms with Crippen LogP contribution in [0.15, 0.2) is 54.6 Å². The number of benzene rings is 2. The van der Waals surface area contributed by atoms with Gasteiger partial charge in [-0.15, -0.1) is 11.8 Å². The van der Waals surface area contributed by atoms with Crippen LogP contribution < -0.4 is 10.1 Å². The molecule has 1 atom stereocenters. The Morgan fingerprint density at radius 2 is 1.70 bits per heavy atom. The number of carbonyl (C=O) groups is 2. The zero-order valence-electron chi connectivity index (χ0n) is 18.3. The van der Waals surface area contributed by atoms with Gasteiger partial charge < -0.3 is 15.0 Å². The van der Waals surface area contributed by atoms with Crippen molar-refractivity contribution in [3.63, 3.8) is 0 Å². The number of hydrogen-bond acceptors (Lipinski definition) is 4. The third-order valence-corrected chi connectivity index (χ3v) is 5.65. The van der Waals surface area contributed by atoms with Crippen LogP contribution in [0.25, 0.3) is 0 Å². The predicted molar refractivity (Wildman–Crippen MR) is 124 cm³/mol. The van der Waals surface area contributed by atoms with Crippen LogP contribution in [0.5, 0.6) is 5.75 Å². The molecule has 2 amide bonds. The molecule has 0 aliphatic carbocycles. The Bertz CT molecular complexity index is 794. The standard InChI is InChI=1S/C24H32N2O3S/c1-5-22(24(28)25-18(2)3)26(15-19-11-13-21(29-4)14-12-19)23(27)17-30-16-20-9-7-6-8-10-20/h6-14,18,22H,5,15-17H2,1-4H3,(H,25,28)/t22-/m1/s1. The summed E-state index contributed by atoms with van der Waals surface area (Å²) in [5, 5.41) is 2.96. The summed E-state index contributed by atoms with van der Waals surface area (Å²) in [5.74, 6) is 1.72. The van der Waals surface area contributed by atoms with Gasteiger partial charge in [0.25, 0.3) is 0 Å². The van der Waals surface area contributed by atoms with Crippen molar-refractivity contribution in [1.82, 2.24) is 10.2 Å². The first kappa shape index (κ1) is 23.8. The van der Waals surface area contributed by atoms with E-state index in [-0.39, 0.29) is 17.9 Å². The van der Waals surface area contributed by atoms with Crippen molar-refractivity contribution in [2.75, 3.05) is 12.9 Å². The Kier molecular flexibility index (Phi) is 9.74. The molecule has 2 aromatic rings. The molecule has 0 aromatic heterocycles. The van der Waals surface area contributed by atoms with E-state index in [0.717, 1.165) is 17.1 Å². The summed E-state index contributed by atoms with van der Waals surface area (Å²) >= 11 is 1.57. The summed E-state index contributed by atoms with van der Waals surface area (Å²) in [7, 11) is 1.62. The molecular weight excluding hydrogens is 396 g/mol. The number of amides is 2. The lowest BCUT2D eigenvalue weighted by Crippen LogP contribution is -2.50. The highest BCUT2D eigenvalue weighted by Gasteiger charge is 2.28. The first-order valence-electron chi connectivity index (χ1n) is 10.3. The average molecular weight is 429 g/mol. The number of ether oxygens (including phenoxy) is 1. The van der Waals surface area contributed by atoms with E-state index in [1.54, 1.807) is 23.8 Å². The second-order valence-electron chi connectivity index (χ2n) is 7.44. The fourth-order valence-corrected chi connectivity index (χ4v) is 4.01. The number of hydrogen-bond donors (Lipinski definition) is 1. The normalized spacial score (nSPS) is 11.8. The molecule has 0 saturated heterocycles. The van der Waals surface area contributed by atoms with Gasteiger partial charge in [-0.05, 0) is 43.5 Å². The molecule has 2 aromatic carbocycles. The molecule has 0 aliphatic rings. The van der Waals surface area contributed by atoms with Gasteiger partial charge in [0.2, 0.25) is 11.8 Å². The maximum Gasteiger partial charge on any atom is 0.243 e. The van der Waals surface area contributed by atoms with Gasteiger partial charge in [0.05, 0.1) is 12.9 Å². The zero-order valence-corrected chi connectivity index (χ0v) is 19.1. The van der Waals surface area contributed by atoms with Crippen LogP contribution in [0.1, 0.15) is 38.3 Å². The minimum Gasteiger partial charge on any atom is -0.497 e. The van der Waals surface area contributed by atoms with Crippen LogP contribution in [0.3, 0.4) is 0 Å². The smallest absolute Gasteiger partial charge is 0.243 e. The van der Waals surface area contributed by atoms with Gasteiger partial charge in [0.1, 0.15) is 11.8 Å². The van der Waals surface area contributed by atoms with Gasteiger partial charge in [-0.1, -0.05) is 49.4 Å². The molecule has 162 valence electrons. The fraction of sp³-hybridized carbons (Fsp3) is 0.417. The second kappa shape index (κ2) is 12.3. The Balaban J connectivity index is 2.12. The molecule has 0 radical (unpaired) electrons. The highest BCUT2D eigenvalue weighted by Crippen LogP contribution is 2.19. The van der Waals surface area contributed by atoms with Gasteiger partial charge in [0, 0.05) is 18.3 Å². The molecule has 1 N–H and O–H groups in total. The quantitative estimate of drug-likeness (QED) is 0.581. The minimum atomic E-state index is -0.501. The third kappa shape index (κ3) is 7.41. The first-order valence-corrected chi connectivity index (χ1v) is 11.4. The summed E-state index contributed by atoms with van der Waals surface area (Å²) in [6.07, 6.45) is 0.559. The monoisotopic (exact) mass is 428 g/mol. The fourth-order valence-electron chi connectivity index (χ4n) is 3.14. The minimum absolute atomic E-state index is 0.0249. The molecular formula is C24H32N2O3S. The summed E-state index contributed by atoms with van der Waals surface area (Å²) in [6.45, 7) is 6.18. The van der Waals surface area contributed by atoms with Crippen LogP contribution in [0.4, 0.5) is 0 Å². The third-order valence-electron chi connectivity index (χ3n) is 4.67. The van der Waals surface area contributed by atoms with Gasteiger partial charge in [-0.25, -0.2) is 0 Å². The van der Waals surface area contributed by atoms with Crippen molar-refractivity contribution in [1.29, 1.82) is 0 Å². The van der Waals surface area contributed by atoms with E-state index in [0.29, 0.717) is 18.7 Å². The van der Waals surface area contributed by atoms with Crippen LogP contribution in [0, 0.1) is 0 Å². The molecule has 0 bridgehead atoms. The SMILES string of the molecule is CC[C@H](C(=O)NC(C)C)N(Cc1ccc(OC)cc1)C(=O)CSCc1ccccc1. The Morgan fingerprint density at radius 1 is 1.03 bits per heavy atom. The number of nitrogens with one attached hydrogen (secondary N) is 1. The lowest BCUT2D eigenvalue weighted by atomic mass is 10.1. The molecule has 0 heterocycles. The summed E-state index contributed by atoms with van der Waals surface area (Å²) in [6, 6.07) is 17.2. The van der Waals surface area contributed by atoms with E-state index in [2.05, 4.69) is 17.4 Å². The number of nitrogens with zero attached hydrogens (tertiary/aromatic N) is 1. The van der Waals surface area contributed by atoms with Crippen molar-refractivity contribution in [2.24, 2.45) is 0 Å². The number of rotatable bonds is 11. The van der Waals surface area contributed by atoms with E-state index in [1.807, 2.05) is 63.2 Å². The first-order chi connectivity index (χ1) is 14.4. The van der Waals surface area contributed by atoms with Crippen molar-refractivity contribution in [3.8, 4) is 5.75 Å². The molecule has 30 heavy (non-hydrogen) atoms. The summed E-state index contributed by atoms with van der Waals surface area (Å²) in [5.41, 5.74) is 2.15. The lowest BCUT2D eigenvalue weighted by molar-refractivity contribution is -0.139. The Labute approximate surface area is 184 Å². The molecule has 5 nitrogen and oxygen atoms in total. The predicted octanol–water partition coefficient (Wildman–Crippen LogP) is 4.26. The molecule has 6 heteroatoms. The molecule has 0 spiro atoms. The van der Waals surface area contributed by atoms with E-state index in [4.69, 9.17) is 4.74 Å². The Hall–Kier alpha value is -2.47. The van der Waals surface area contributed by atoms with Crippen LogP contribution in [-0.2, 0) is 21.9 Å². The largest absolute Gasteiger partial charge is 0.497 e. The van der Waals surface area contributed by atoms with Crippen molar-refractivity contribution < 1.29 is 14.3 Å². The summed E-state index contributed by atoms with van der Waals surface area (Å²) < 4.78 is 5.22. The molecule has 0 saturated carbocycles. The van der Waals surface area contributed by atoms with Crippen molar-refractivity contribution in [2.45, 2.75) is 51.6 Å². The highest BCUT2D eigenvalue weighted by molar-refractivity contribution is 7.99. The number of methoxy groups -OCH3 is 1.